The lowest BCUT2D eigenvalue weighted by molar-refractivity contribution is 0.0386. The fraction of sp³-hybridized carbons (Fsp3) is 1.00. The van der Waals surface area contributed by atoms with Crippen molar-refractivity contribution in [2.75, 3.05) is 6.54 Å². The van der Waals surface area contributed by atoms with E-state index >= 15 is 0 Å². The van der Waals surface area contributed by atoms with Gasteiger partial charge >= 0.3 is 0 Å². The van der Waals surface area contributed by atoms with Crippen LogP contribution in [0.2, 0.25) is 0 Å². The van der Waals surface area contributed by atoms with E-state index in [4.69, 9.17) is 0 Å². The summed E-state index contributed by atoms with van der Waals surface area (Å²) < 4.78 is 0. The van der Waals surface area contributed by atoms with Gasteiger partial charge in [0.05, 0.1) is 0 Å². The number of hydrogen-bond acceptors (Lipinski definition) is 2. The Morgan fingerprint density at radius 3 is 2.31 bits per heavy atom. The van der Waals surface area contributed by atoms with Gasteiger partial charge in [0.1, 0.15) is 5.72 Å². The van der Waals surface area contributed by atoms with Crippen LogP contribution in [0.4, 0.5) is 0 Å². The summed E-state index contributed by atoms with van der Waals surface area (Å²) in [4.78, 5) is 0. The minimum Gasteiger partial charge on any atom is -0.376 e. The lowest BCUT2D eigenvalue weighted by Gasteiger charge is -2.23. The fourth-order valence-electron chi connectivity index (χ4n) is 1.34. The molecule has 0 heterocycles. The first-order valence-electron chi connectivity index (χ1n) is 5.47. The van der Waals surface area contributed by atoms with Crippen LogP contribution >= 0.6 is 0 Å². The lowest BCUT2D eigenvalue weighted by atomic mass is 9.99. The molecule has 0 radical (unpaired) electrons. The molecule has 80 valence electrons. The van der Waals surface area contributed by atoms with Crippen molar-refractivity contribution in [3.63, 3.8) is 0 Å². The minimum absolute atomic E-state index is 0.714. The van der Waals surface area contributed by atoms with Crippen LogP contribution in [-0.2, 0) is 0 Å². The molecule has 0 aliphatic rings. The van der Waals surface area contributed by atoms with E-state index in [0.717, 1.165) is 6.54 Å². The second kappa shape index (κ2) is 6.39. The number of aliphatic hydroxyl groups is 1. The summed E-state index contributed by atoms with van der Waals surface area (Å²) in [5.41, 5.74) is -0.723. The minimum atomic E-state index is -0.723. The van der Waals surface area contributed by atoms with Crippen molar-refractivity contribution in [1.82, 2.24) is 5.32 Å². The Morgan fingerprint density at radius 1 is 1.31 bits per heavy atom. The van der Waals surface area contributed by atoms with Gasteiger partial charge in [0.15, 0.2) is 0 Å². The zero-order chi connectivity index (χ0) is 10.3. The van der Waals surface area contributed by atoms with Gasteiger partial charge in [-0.3, -0.25) is 5.32 Å². The van der Waals surface area contributed by atoms with E-state index in [9.17, 15) is 5.11 Å². The highest BCUT2D eigenvalue weighted by molar-refractivity contribution is 4.67. The Kier molecular flexibility index (Phi) is 6.35. The molecule has 0 aromatic rings. The Hall–Kier alpha value is -0.0800. The third-order valence-electron chi connectivity index (χ3n) is 2.37. The maximum absolute atomic E-state index is 9.48. The molecule has 1 unspecified atom stereocenters. The molecule has 0 rings (SSSR count). The van der Waals surface area contributed by atoms with E-state index in [0.29, 0.717) is 5.92 Å². The summed E-state index contributed by atoms with van der Waals surface area (Å²) in [6.07, 6.45) is 5.03. The van der Waals surface area contributed by atoms with Crippen molar-refractivity contribution >= 4 is 0 Å². The first-order valence-corrected chi connectivity index (χ1v) is 5.47. The van der Waals surface area contributed by atoms with Crippen LogP contribution in [-0.4, -0.2) is 17.4 Å². The van der Waals surface area contributed by atoms with Crippen LogP contribution < -0.4 is 5.32 Å². The predicted octanol–water partition coefficient (Wildman–Crippen LogP) is 2.52. The second-order valence-electron chi connectivity index (χ2n) is 4.36. The topological polar surface area (TPSA) is 32.3 Å². The molecular formula is C11H25NO. The molecule has 0 fully saturated rings. The summed E-state index contributed by atoms with van der Waals surface area (Å²) >= 11 is 0. The molecule has 0 aromatic heterocycles. The van der Waals surface area contributed by atoms with E-state index in [1.807, 2.05) is 0 Å². The summed E-state index contributed by atoms with van der Waals surface area (Å²) in [5, 5.41) is 12.6. The molecule has 2 nitrogen and oxygen atoms in total. The maximum atomic E-state index is 9.48. The third-order valence-corrected chi connectivity index (χ3v) is 2.37. The van der Waals surface area contributed by atoms with Crippen LogP contribution in [0.3, 0.4) is 0 Å². The van der Waals surface area contributed by atoms with Gasteiger partial charge in [-0.05, 0) is 26.2 Å². The van der Waals surface area contributed by atoms with Gasteiger partial charge in [0, 0.05) is 6.54 Å². The van der Waals surface area contributed by atoms with Crippen molar-refractivity contribution in [2.24, 2.45) is 5.92 Å². The summed E-state index contributed by atoms with van der Waals surface area (Å²) in [6.45, 7) is 8.95. The van der Waals surface area contributed by atoms with Crippen LogP contribution in [0, 0.1) is 5.92 Å². The molecule has 0 saturated heterocycles. The van der Waals surface area contributed by atoms with Gasteiger partial charge in [0.2, 0.25) is 0 Å². The van der Waals surface area contributed by atoms with Crippen molar-refractivity contribution < 1.29 is 5.11 Å². The number of unbranched alkanes of at least 4 members (excludes halogenated alkanes) is 1. The number of nitrogens with one attached hydrogen (secondary N) is 1. The number of rotatable bonds is 7. The van der Waals surface area contributed by atoms with Crippen LogP contribution in [0.5, 0.6) is 0 Å². The Morgan fingerprint density at radius 2 is 1.92 bits per heavy atom. The summed E-state index contributed by atoms with van der Waals surface area (Å²) in [6, 6.07) is 0. The molecule has 1 atom stereocenters. The fourth-order valence-corrected chi connectivity index (χ4v) is 1.34. The molecule has 13 heavy (non-hydrogen) atoms. The molecule has 0 amide bonds. The highest BCUT2D eigenvalue weighted by atomic mass is 16.3. The van der Waals surface area contributed by atoms with E-state index in [2.05, 4.69) is 19.2 Å². The van der Waals surface area contributed by atoms with E-state index in [1.165, 1.54) is 25.7 Å². The van der Waals surface area contributed by atoms with Gasteiger partial charge in [-0.15, -0.1) is 0 Å². The molecule has 0 aliphatic heterocycles. The molecule has 2 heteroatoms. The molecule has 0 spiro atoms. The largest absolute Gasteiger partial charge is 0.376 e. The normalized spacial score (nSPS) is 14.5. The van der Waals surface area contributed by atoms with E-state index in [1.54, 1.807) is 13.8 Å². The van der Waals surface area contributed by atoms with Gasteiger partial charge in [-0.25, -0.2) is 0 Å². The predicted molar refractivity (Wildman–Crippen MR) is 57.6 cm³/mol. The van der Waals surface area contributed by atoms with Crippen LogP contribution in [0.1, 0.15) is 53.4 Å². The number of hydrogen-bond donors (Lipinski definition) is 2. The first-order chi connectivity index (χ1) is 5.99. The average molecular weight is 187 g/mol. The first kappa shape index (κ1) is 12.9. The second-order valence-corrected chi connectivity index (χ2v) is 4.36. The highest BCUT2D eigenvalue weighted by Crippen LogP contribution is 2.12. The zero-order valence-electron chi connectivity index (χ0n) is 9.56. The van der Waals surface area contributed by atoms with Gasteiger partial charge in [-0.2, -0.15) is 0 Å². The van der Waals surface area contributed by atoms with Crippen LogP contribution in [0.15, 0.2) is 0 Å². The standard InChI is InChI=1S/C11H25NO/c1-5-7-8-10(6-2)9-12-11(3,4)13/h10,12-13H,5-9H2,1-4H3. The molecular weight excluding hydrogens is 162 g/mol. The molecule has 0 bridgehead atoms. The van der Waals surface area contributed by atoms with Crippen molar-refractivity contribution in [3.05, 3.63) is 0 Å². The van der Waals surface area contributed by atoms with E-state index < -0.39 is 5.72 Å². The molecule has 0 saturated carbocycles. The highest BCUT2D eigenvalue weighted by Gasteiger charge is 2.13. The van der Waals surface area contributed by atoms with Gasteiger partial charge in [-0.1, -0.05) is 33.1 Å². The summed E-state index contributed by atoms with van der Waals surface area (Å²) in [7, 11) is 0. The van der Waals surface area contributed by atoms with Gasteiger partial charge < -0.3 is 5.11 Å². The molecule has 2 N–H and O–H groups in total. The van der Waals surface area contributed by atoms with E-state index in [-0.39, 0.29) is 0 Å². The third kappa shape index (κ3) is 8.26. The van der Waals surface area contributed by atoms with Gasteiger partial charge in [0.25, 0.3) is 0 Å². The smallest absolute Gasteiger partial charge is 0.110 e. The molecule has 0 aromatic carbocycles. The quantitative estimate of drug-likeness (QED) is 0.600. The SMILES string of the molecule is CCCCC(CC)CNC(C)(C)O. The van der Waals surface area contributed by atoms with Crippen molar-refractivity contribution in [3.8, 4) is 0 Å². The van der Waals surface area contributed by atoms with Crippen molar-refractivity contribution in [1.29, 1.82) is 0 Å². The Labute approximate surface area is 82.7 Å². The van der Waals surface area contributed by atoms with Crippen molar-refractivity contribution in [2.45, 2.75) is 59.1 Å². The lowest BCUT2D eigenvalue weighted by Crippen LogP contribution is -2.41. The Bertz CT molecular complexity index is 118. The maximum Gasteiger partial charge on any atom is 0.110 e. The average Bonchev–Trinajstić information content (AvgIpc) is 2.03. The molecule has 0 aliphatic carbocycles. The zero-order valence-corrected chi connectivity index (χ0v) is 9.56. The summed E-state index contributed by atoms with van der Waals surface area (Å²) in [5.74, 6) is 0.714. The Balaban J connectivity index is 3.59. The monoisotopic (exact) mass is 187 g/mol. The van der Waals surface area contributed by atoms with Crippen LogP contribution in [0.25, 0.3) is 0 Å².